The maximum Gasteiger partial charge on any atom is 0.324 e. The molecule has 8 atom stereocenters. The lowest BCUT2D eigenvalue weighted by molar-refractivity contribution is -0.156. The van der Waals surface area contributed by atoms with Crippen LogP contribution >= 0.6 is 11.3 Å². The highest BCUT2D eigenvalue weighted by Crippen LogP contribution is 2.53. The van der Waals surface area contributed by atoms with Crippen molar-refractivity contribution in [3.05, 3.63) is 82.2 Å². The normalized spacial score (nSPS) is 28.0. The molecule has 0 spiro atoms. The number of cyclic esters (lactones) is 1. The van der Waals surface area contributed by atoms with Crippen molar-refractivity contribution in [2.75, 3.05) is 77.6 Å². The van der Waals surface area contributed by atoms with Gasteiger partial charge in [-0.3, -0.25) is 39.2 Å². The monoisotopic (exact) mass is 1100 g/mol. The van der Waals surface area contributed by atoms with Gasteiger partial charge < -0.3 is 33.7 Å². The fourth-order valence-corrected chi connectivity index (χ4v) is 14.3. The summed E-state index contributed by atoms with van der Waals surface area (Å²) >= 11 is 1.52. The number of piperazine rings is 1. The minimum absolute atomic E-state index is 0.0500. The second-order valence-corrected chi connectivity index (χ2v) is 25.8. The molecule has 0 unspecified atom stereocenters. The molecule has 5 aliphatic heterocycles. The Morgan fingerprint density at radius 2 is 1.78 bits per heavy atom. The predicted octanol–water partition coefficient (Wildman–Crippen LogP) is 8.09. The second-order valence-electron chi connectivity index (χ2n) is 24.9. The lowest BCUT2D eigenvalue weighted by atomic mass is 9.84. The smallest absolute Gasteiger partial charge is 0.324 e. The average molecular weight is 1100 g/mol. The van der Waals surface area contributed by atoms with E-state index < -0.39 is 29.5 Å². The van der Waals surface area contributed by atoms with Crippen molar-refractivity contribution in [3.63, 3.8) is 0 Å². The van der Waals surface area contributed by atoms with Crippen LogP contribution in [0.3, 0.4) is 0 Å². The van der Waals surface area contributed by atoms with Gasteiger partial charge in [0.15, 0.2) is 0 Å². The van der Waals surface area contributed by atoms with E-state index in [9.17, 15) is 9.59 Å². The van der Waals surface area contributed by atoms with Gasteiger partial charge in [-0.05, 0) is 108 Å². The number of aromatic nitrogens is 4. The summed E-state index contributed by atoms with van der Waals surface area (Å²) in [7, 11) is 1.75. The van der Waals surface area contributed by atoms with E-state index in [-0.39, 0.29) is 54.0 Å². The lowest BCUT2D eigenvalue weighted by Crippen LogP contribution is -2.63. The summed E-state index contributed by atoms with van der Waals surface area (Å²) in [6.45, 7) is 20.4. The number of thiazole rings is 1. The van der Waals surface area contributed by atoms with Crippen molar-refractivity contribution in [3.8, 4) is 22.5 Å². The van der Waals surface area contributed by atoms with Crippen molar-refractivity contribution < 1.29 is 33.3 Å². The van der Waals surface area contributed by atoms with Crippen LogP contribution < -0.4 is 15.6 Å². The van der Waals surface area contributed by atoms with Crippen molar-refractivity contribution in [2.24, 2.45) is 17.3 Å². The number of rotatable bonds is 13. The molecule has 17 nitrogen and oxygen atoms in total. The summed E-state index contributed by atoms with van der Waals surface area (Å²) < 4.78 is 27.9. The fraction of sp³-hybridized carbons (Fsp3) is 0.607. The highest BCUT2D eigenvalue weighted by molar-refractivity contribution is 7.10. The Labute approximate surface area is 469 Å². The second kappa shape index (κ2) is 22.2. The number of hydrogen-bond acceptors (Lipinski definition) is 15. The van der Waals surface area contributed by atoms with Crippen molar-refractivity contribution in [1.82, 2.24) is 45.1 Å². The van der Waals surface area contributed by atoms with Crippen LogP contribution in [0.5, 0.6) is 0 Å². The van der Waals surface area contributed by atoms with Gasteiger partial charge in [0.1, 0.15) is 17.1 Å². The molecule has 6 bridgehead atoms. The topological polar surface area (TPSA) is 169 Å². The van der Waals surface area contributed by atoms with Crippen molar-refractivity contribution in [2.45, 2.75) is 147 Å². The van der Waals surface area contributed by atoms with Crippen LogP contribution in [0.15, 0.2) is 60.2 Å². The van der Waals surface area contributed by atoms with E-state index in [2.05, 4.69) is 106 Å². The Hall–Kier alpha value is -5.34. The first-order valence-electron chi connectivity index (χ1n) is 29.2. The number of ether oxygens (including phenoxy) is 4. The summed E-state index contributed by atoms with van der Waals surface area (Å²) in [5.74, 6) is -1.22. The standard InChI is InChI=1S/C61H80N10O7S/c1-37-50(46-12-8-9-19-62-46)51(37)56(72)65-53-55(69-20-11-21-69)57-64-48(35-79-57)39-14-17-49-43(30-39)45(33-60(3,4)36-77-59(74)47-13-10-22-71(66-47)58(53)73)54(70(49)27-29-76-42-18-28-78-61(5,6)32-42)44-31-41(34-63-52(44)38(2)75-7)68-25-23-67(24-26-68)40-15-16-40/h8-9,12,14,17,19,30-31,34-35,37-38,40,42,47,50-51,53,55,66H,10-11,13,15-16,18,20-29,32-33,36H2,1-7H3,(H,65,72)/t37-,38-,42-,47-,50-,51+,53-,55-/m0/s1. The molecule has 18 heteroatoms. The molecule has 0 radical (unpaired) electrons. The molecule has 4 aromatic heterocycles. The number of esters is 1. The van der Waals surface area contributed by atoms with Crippen molar-refractivity contribution in [1.29, 1.82) is 0 Å². The van der Waals surface area contributed by atoms with Gasteiger partial charge >= 0.3 is 5.97 Å². The average Bonchev–Trinajstić information content (AvgIpc) is 4.39. The molecule has 2 saturated carbocycles. The molecule has 1 aromatic carbocycles. The van der Waals surface area contributed by atoms with E-state index in [1.54, 1.807) is 18.3 Å². The number of anilines is 1. The first kappa shape index (κ1) is 54.3. The molecule has 12 rings (SSSR count). The summed E-state index contributed by atoms with van der Waals surface area (Å²) in [6.07, 6.45) is 10.4. The number of carbonyl (C=O) groups excluding carboxylic acids is 3. The fourth-order valence-electron chi connectivity index (χ4n) is 13.3. The van der Waals surface area contributed by atoms with Crippen LogP contribution in [0.2, 0.25) is 0 Å². The summed E-state index contributed by atoms with van der Waals surface area (Å²) in [4.78, 5) is 67.1. The number of fused-ring (bicyclic) bond motifs is 6. The number of likely N-dealkylation sites (tertiary alicyclic amines) is 1. The number of amides is 2. The van der Waals surface area contributed by atoms with E-state index >= 15 is 4.79 Å². The quantitative estimate of drug-likeness (QED) is 0.109. The van der Waals surface area contributed by atoms with Gasteiger partial charge in [0.2, 0.25) is 5.91 Å². The number of hydrogen-bond donors (Lipinski definition) is 2. The summed E-state index contributed by atoms with van der Waals surface area (Å²) in [6, 6.07) is 13.2. The maximum absolute atomic E-state index is 15.3. The Morgan fingerprint density at radius 1 is 0.962 bits per heavy atom. The Kier molecular flexibility index (Phi) is 15.2. The van der Waals surface area contributed by atoms with E-state index in [0.717, 1.165) is 126 Å². The minimum Gasteiger partial charge on any atom is -0.464 e. The van der Waals surface area contributed by atoms with Crippen molar-refractivity contribution >= 4 is 45.7 Å². The summed E-state index contributed by atoms with van der Waals surface area (Å²) in [5, 5.41) is 8.78. The van der Waals surface area contributed by atoms with Crippen LogP contribution in [0.25, 0.3) is 33.4 Å². The molecule has 2 N–H and O–H groups in total. The van der Waals surface area contributed by atoms with E-state index in [4.69, 9.17) is 28.9 Å². The zero-order chi connectivity index (χ0) is 54.7. The van der Waals surface area contributed by atoms with Gasteiger partial charge in [-0.25, -0.2) is 10.4 Å². The highest BCUT2D eigenvalue weighted by atomic mass is 32.1. The molecule has 2 amide bonds. The van der Waals surface area contributed by atoms with E-state index in [0.29, 0.717) is 45.6 Å². The predicted molar refractivity (Wildman–Crippen MR) is 304 cm³/mol. The number of nitrogens with zero attached hydrogens (tertiary/aromatic N) is 8. The van der Waals surface area contributed by atoms with Crippen LogP contribution in [0.1, 0.15) is 127 Å². The number of benzene rings is 1. The zero-order valence-electron chi connectivity index (χ0n) is 47.2. The SMILES string of the molecule is CO[C@@H](C)c1ncc(N2CCN(C3CC3)CC2)cc1-c1c2c3cc(ccc3n1CCO[C@H]1CCOC(C)(C)C1)-c1csc(n1)[C@@H](N1CCC1)[C@H](NC(=O)[C@@H]1[C@@H](C)[C@H]1c1ccccn1)C(=O)N1CCC[C@H](N1)C(=O)OCC(C)(C)C2. The number of carbonyl (C=O) groups is 3. The highest BCUT2D eigenvalue weighted by Gasteiger charge is 2.55. The van der Waals surface area contributed by atoms with Gasteiger partial charge in [0, 0.05) is 135 Å². The third kappa shape index (κ3) is 11.2. The van der Waals surface area contributed by atoms with Gasteiger partial charge in [-0.2, -0.15) is 0 Å². The summed E-state index contributed by atoms with van der Waals surface area (Å²) in [5.41, 5.74) is 11.3. The third-order valence-electron chi connectivity index (χ3n) is 18.1. The molecule has 9 heterocycles. The molecular formula is C61H80N10O7S. The number of methoxy groups -OCH3 is 1. The molecule has 6 fully saturated rings. The molecule has 5 aromatic rings. The van der Waals surface area contributed by atoms with Gasteiger partial charge in [-0.1, -0.05) is 32.9 Å². The molecule has 7 aliphatic rings. The molecule has 4 saturated heterocycles. The number of hydrazine groups is 1. The van der Waals surface area contributed by atoms with Crippen LogP contribution in [-0.2, 0) is 46.3 Å². The van der Waals surface area contributed by atoms with Gasteiger partial charge in [0.25, 0.3) is 5.91 Å². The molecular weight excluding hydrogens is 1020 g/mol. The number of pyridine rings is 2. The van der Waals surface area contributed by atoms with Gasteiger partial charge in [0.05, 0.1) is 66.0 Å². The van der Waals surface area contributed by atoms with E-state index in [1.165, 1.54) is 24.2 Å². The Bertz CT molecular complexity index is 3040. The first-order valence-corrected chi connectivity index (χ1v) is 30.1. The zero-order valence-corrected chi connectivity index (χ0v) is 48.1. The number of nitrogens with one attached hydrogen (secondary N) is 2. The first-order chi connectivity index (χ1) is 38.1. The minimum atomic E-state index is -0.987. The molecule has 422 valence electrons. The third-order valence-corrected chi connectivity index (χ3v) is 19.0. The largest absolute Gasteiger partial charge is 0.464 e. The van der Waals surface area contributed by atoms with Crippen LogP contribution in [0.4, 0.5) is 5.69 Å². The maximum atomic E-state index is 15.3. The Morgan fingerprint density at radius 3 is 2.52 bits per heavy atom. The Balaban J connectivity index is 0.982. The van der Waals surface area contributed by atoms with Gasteiger partial charge in [-0.15, -0.1) is 11.3 Å². The molecule has 2 aliphatic carbocycles. The lowest BCUT2D eigenvalue weighted by Gasteiger charge is -2.43. The van der Waals surface area contributed by atoms with Crippen LogP contribution in [0, 0.1) is 17.3 Å². The molecule has 79 heavy (non-hydrogen) atoms. The van der Waals surface area contributed by atoms with E-state index in [1.807, 2.05) is 24.4 Å². The van der Waals surface area contributed by atoms with Crippen LogP contribution in [-0.4, -0.2) is 155 Å².